The van der Waals surface area contributed by atoms with Crippen LogP contribution in [0.1, 0.15) is 38.3 Å². The van der Waals surface area contributed by atoms with E-state index in [0.717, 1.165) is 10.1 Å². The molecule has 43 heavy (non-hydrogen) atoms. The predicted octanol–water partition coefficient (Wildman–Crippen LogP) is 0.876. The number of aromatic amines is 1. The first kappa shape index (κ1) is 31.6. The van der Waals surface area contributed by atoms with E-state index in [1.807, 2.05) is 0 Å². The van der Waals surface area contributed by atoms with Crippen molar-refractivity contribution in [3.63, 3.8) is 0 Å². The molecule has 3 aliphatic rings. The smallest absolute Gasteiger partial charge is 0.410 e. The SMILES string of the molecule is Cc1cn([C@@]2([C@@H]3O[C@@]4(CO)CN(C(=O)OC(C)(C)C)C[C@@H]3[C@@H]4OCc3ccc(Cl)cc3)C[C@H](O)[C@@H](CO)O2)c(=O)[nH]c1=O. The molecule has 3 aliphatic heterocycles. The Morgan fingerprint density at radius 3 is 2.49 bits per heavy atom. The Labute approximate surface area is 252 Å². The van der Waals surface area contributed by atoms with Gasteiger partial charge < -0.3 is 39.2 Å². The number of aliphatic hydroxyl groups excluding tert-OH is 3. The zero-order valence-electron chi connectivity index (χ0n) is 24.5. The van der Waals surface area contributed by atoms with E-state index in [4.69, 9.17) is 30.5 Å². The number of fused-ring (bicyclic) bond motifs is 2. The lowest BCUT2D eigenvalue weighted by molar-refractivity contribution is -0.216. The Balaban J connectivity index is 1.60. The summed E-state index contributed by atoms with van der Waals surface area (Å²) in [5, 5.41) is 32.3. The second-order valence-corrected chi connectivity index (χ2v) is 13.0. The quantitative estimate of drug-likeness (QED) is 0.347. The predicted molar refractivity (Wildman–Crippen MR) is 153 cm³/mol. The average Bonchev–Trinajstić information content (AvgIpc) is 3.37. The van der Waals surface area contributed by atoms with Gasteiger partial charge in [-0.2, -0.15) is 0 Å². The van der Waals surface area contributed by atoms with Crippen molar-refractivity contribution < 1.29 is 39.1 Å². The second kappa shape index (κ2) is 11.6. The molecular weight excluding hydrogens is 586 g/mol. The number of benzene rings is 1. The highest BCUT2D eigenvalue weighted by Crippen LogP contribution is 2.52. The van der Waals surface area contributed by atoms with Crippen molar-refractivity contribution in [3.05, 3.63) is 67.4 Å². The number of halogens is 1. The molecule has 3 fully saturated rings. The maximum atomic E-state index is 13.3. The molecule has 4 heterocycles. The first-order valence-corrected chi connectivity index (χ1v) is 14.5. The van der Waals surface area contributed by atoms with Gasteiger partial charge in [-0.1, -0.05) is 23.7 Å². The number of carbonyl (C=O) groups excluding carboxylic acids is 1. The van der Waals surface area contributed by atoms with Crippen molar-refractivity contribution in [1.29, 1.82) is 0 Å². The molecule has 5 rings (SSSR count). The van der Waals surface area contributed by atoms with Crippen LogP contribution in [0.3, 0.4) is 0 Å². The molecule has 1 aromatic heterocycles. The Morgan fingerprint density at radius 2 is 1.88 bits per heavy atom. The van der Waals surface area contributed by atoms with Gasteiger partial charge in [-0.3, -0.25) is 14.3 Å². The fourth-order valence-corrected chi connectivity index (χ4v) is 6.46. The second-order valence-electron chi connectivity index (χ2n) is 12.5. The maximum absolute atomic E-state index is 13.3. The van der Waals surface area contributed by atoms with Crippen molar-refractivity contribution in [1.82, 2.24) is 14.5 Å². The molecular formula is C29H38ClN3O10. The number of carbonyl (C=O) groups is 1. The summed E-state index contributed by atoms with van der Waals surface area (Å²) in [6.07, 6.45) is -3.67. The van der Waals surface area contributed by atoms with Crippen molar-refractivity contribution >= 4 is 17.7 Å². The summed E-state index contributed by atoms with van der Waals surface area (Å²) in [5.74, 6) is -0.718. The molecule has 2 bridgehead atoms. The van der Waals surface area contributed by atoms with Gasteiger partial charge in [0.1, 0.15) is 23.4 Å². The topological polar surface area (TPSA) is 173 Å². The number of ether oxygens (including phenoxy) is 4. The molecule has 0 spiro atoms. The fourth-order valence-electron chi connectivity index (χ4n) is 6.33. The molecule has 14 heteroatoms. The lowest BCUT2D eigenvalue weighted by Gasteiger charge is -2.43. The van der Waals surface area contributed by atoms with E-state index in [9.17, 15) is 29.7 Å². The Bertz CT molecular complexity index is 1460. The van der Waals surface area contributed by atoms with Crippen LogP contribution in [0.5, 0.6) is 0 Å². The van der Waals surface area contributed by atoms with Gasteiger partial charge in [0.05, 0.1) is 38.6 Å². The van der Waals surface area contributed by atoms with Crippen molar-refractivity contribution in [2.75, 3.05) is 26.3 Å². The summed E-state index contributed by atoms with van der Waals surface area (Å²) in [6, 6.07) is 7.06. The number of piperidine rings is 1. The van der Waals surface area contributed by atoms with Gasteiger partial charge in [-0.25, -0.2) is 9.59 Å². The number of aromatic nitrogens is 2. The monoisotopic (exact) mass is 623 g/mol. The molecule has 13 nitrogen and oxygen atoms in total. The van der Waals surface area contributed by atoms with Crippen LogP contribution in [-0.4, -0.2) is 97.8 Å². The fraction of sp³-hybridized carbons (Fsp3) is 0.621. The van der Waals surface area contributed by atoms with Gasteiger partial charge in [0.15, 0.2) is 5.72 Å². The number of nitrogens with one attached hydrogen (secondary N) is 1. The highest BCUT2D eigenvalue weighted by molar-refractivity contribution is 6.30. The summed E-state index contributed by atoms with van der Waals surface area (Å²) in [7, 11) is 0. The van der Waals surface area contributed by atoms with Crippen molar-refractivity contribution in [2.24, 2.45) is 5.92 Å². The summed E-state index contributed by atoms with van der Waals surface area (Å²) in [4.78, 5) is 42.5. The summed E-state index contributed by atoms with van der Waals surface area (Å²) in [6.45, 7) is 5.68. The van der Waals surface area contributed by atoms with Crippen LogP contribution >= 0.6 is 11.6 Å². The lowest BCUT2D eigenvalue weighted by Crippen LogP contribution is -2.61. The maximum Gasteiger partial charge on any atom is 0.410 e. The van der Waals surface area contributed by atoms with Gasteiger partial charge in [-0.05, 0) is 45.4 Å². The molecule has 2 aromatic rings. The number of rotatable bonds is 7. The number of aryl methyl sites for hydroxylation is 1. The minimum atomic E-state index is -1.74. The van der Waals surface area contributed by atoms with E-state index in [2.05, 4.69) is 4.98 Å². The van der Waals surface area contributed by atoms with E-state index in [1.165, 1.54) is 18.0 Å². The first-order chi connectivity index (χ1) is 20.2. The summed E-state index contributed by atoms with van der Waals surface area (Å²) >= 11 is 6.04. The third-order valence-corrected chi connectivity index (χ3v) is 8.50. The first-order valence-electron chi connectivity index (χ1n) is 14.1. The molecule has 0 unspecified atom stereocenters. The summed E-state index contributed by atoms with van der Waals surface area (Å²) in [5.41, 5.74) is -4.41. The molecule has 0 saturated carbocycles. The van der Waals surface area contributed by atoms with Crippen molar-refractivity contribution in [3.8, 4) is 0 Å². The number of likely N-dealkylation sites (tertiary alicyclic amines) is 1. The molecule has 1 aromatic carbocycles. The summed E-state index contributed by atoms with van der Waals surface area (Å²) < 4.78 is 26.1. The van der Waals surface area contributed by atoms with Crippen LogP contribution in [0.15, 0.2) is 40.1 Å². The zero-order chi connectivity index (χ0) is 31.3. The Morgan fingerprint density at radius 1 is 1.19 bits per heavy atom. The molecule has 4 N–H and O–H groups in total. The number of H-pyrrole nitrogens is 1. The lowest BCUT2D eigenvalue weighted by atomic mass is 9.80. The molecule has 0 aliphatic carbocycles. The van der Waals surface area contributed by atoms with E-state index in [0.29, 0.717) is 5.02 Å². The van der Waals surface area contributed by atoms with Crippen LogP contribution in [-0.2, 0) is 31.3 Å². The number of amides is 1. The third-order valence-electron chi connectivity index (χ3n) is 8.25. The van der Waals surface area contributed by atoms with E-state index in [1.54, 1.807) is 45.0 Å². The zero-order valence-corrected chi connectivity index (χ0v) is 25.2. The van der Waals surface area contributed by atoms with Crippen LogP contribution in [0.4, 0.5) is 4.79 Å². The van der Waals surface area contributed by atoms with E-state index < -0.39 is 77.8 Å². The van der Waals surface area contributed by atoms with Crippen LogP contribution in [0.25, 0.3) is 0 Å². The van der Waals surface area contributed by atoms with Crippen LogP contribution < -0.4 is 11.2 Å². The molecule has 1 amide bonds. The highest BCUT2D eigenvalue weighted by Gasteiger charge is 2.68. The van der Waals surface area contributed by atoms with Gasteiger partial charge in [-0.15, -0.1) is 0 Å². The number of hydrogen-bond acceptors (Lipinski definition) is 10. The normalized spacial score (nSPS) is 32.3. The van der Waals surface area contributed by atoms with Crippen LogP contribution in [0, 0.1) is 12.8 Å². The standard InChI is InChI=1S/C29H38ClN3O10/c1-16-10-33(25(38)31-24(16)37)29(9-20(36)21(12-34)41-29)23-19-11-32(26(39)43-27(2,3)4)14-28(15-35,42-23)22(19)40-13-17-5-7-18(30)8-6-17/h5-8,10,19-23,34-36H,9,11-15H2,1-4H3,(H,31,37,38)/t19-,20+,21-,22+,23-,28-,29+/m1/s1. The van der Waals surface area contributed by atoms with Crippen LogP contribution in [0.2, 0.25) is 5.02 Å². The van der Waals surface area contributed by atoms with E-state index in [-0.39, 0.29) is 31.7 Å². The number of aliphatic hydroxyl groups is 3. The Kier molecular flexibility index (Phi) is 8.55. The Hall–Kier alpha value is -2.78. The van der Waals surface area contributed by atoms with Gasteiger partial charge in [0.2, 0.25) is 0 Å². The number of nitrogens with zero attached hydrogens (tertiary/aromatic N) is 2. The van der Waals surface area contributed by atoms with Crippen molar-refractivity contribution in [2.45, 2.75) is 82.1 Å². The number of hydrogen-bond donors (Lipinski definition) is 4. The molecule has 236 valence electrons. The largest absolute Gasteiger partial charge is 0.444 e. The van der Waals surface area contributed by atoms with Gasteiger partial charge in [0.25, 0.3) is 5.56 Å². The molecule has 0 radical (unpaired) electrons. The van der Waals surface area contributed by atoms with Gasteiger partial charge >= 0.3 is 11.8 Å². The highest BCUT2D eigenvalue weighted by atomic mass is 35.5. The minimum absolute atomic E-state index is 0.0364. The minimum Gasteiger partial charge on any atom is -0.444 e. The third kappa shape index (κ3) is 5.87. The van der Waals surface area contributed by atoms with Gasteiger partial charge in [0, 0.05) is 35.7 Å². The average molecular weight is 624 g/mol. The molecule has 7 atom stereocenters. The molecule has 3 saturated heterocycles. The van der Waals surface area contributed by atoms with E-state index >= 15 is 0 Å².